The molecule has 1 aromatic carbocycles. The van der Waals surface area contributed by atoms with Gasteiger partial charge >= 0.3 is 5.97 Å². The van der Waals surface area contributed by atoms with E-state index in [1.807, 2.05) is 0 Å². The van der Waals surface area contributed by atoms with Crippen molar-refractivity contribution in [3.63, 3.8) is 0 Å². The molecule has 1 saturated carbocycles. The molecule has 0 aromatic heterocycles. The molecule has 116 valence electrons. The molecule has 21 heavy (non-hydrogen) atoms. The van der Waals surface area contributed by atoms with Gasteiger partial charge in [0.2, 0.25) is 0 Å². The van der Waals surface area contributed by atoms with Crippen molar-refractivity contribution >= 4 is 11.7 Å². The average Bonchev–Trinajstić information content (AvgIpc) is 2.49. The Hall–Kier alpha value is -1.69. The van der Waals surface area contributed by atoms with Gasteiger partial charge in [-0.1, -0.05) is 19.3 Å². The van der Waals surface area contributed by atoms with E-state index in [2.05, 4.69) is 5.32 Å². The summed E-state index contributed by atoms with van der Waals surface area (Å²) in [4.78, 5) is 10.8. The fraction of sp³-hybridized carbons (Fsp3) is 0.533. The van der Waals surface area contributed by atoms with E-state index in [4.69, 9.17) is 10.8 Å². The van der Waals surface area contributed by atoms with Gasteiger partial charge < -0.3 is 16.2 Å². The molecule has 4 N–H and O–H groups in total. The van der Waals surface area contributed by atoms with E-state index in [0.717, 1.165) is 31.7 Å². The zero-order valence-corrected chi connectivity index (χ0v) is 11.7. The molecule has 1 aliphatic rings. The third kappa shape index (κ3) is 3.50. The van der Waals surface area contributed by atoms with Gasteiger partial charge in [-0.15, -0.1) is 0 Å². The Morgan fingerprint density at radius 1 is 1.29 bits per heavy atom. The minimum Gasteiger partial charge on any atom is -0.478 e. The lowest BCUT2D eigenvalue weighted by molar-refractivity contribution is 0.0690. The highest BCUT2D eigenvalue weighted by molar-refractivity contribution is 5.88. The Morgan fingerprint density at radius 3 is 2.52 bits per heavy atom. The zero-order valence-electron chi connectivity index (χ0n) is 11.7. The minimum absolute atomic E-state index is 0.0291. The van der Waals surface area contributed by atoms with Gasteiger partial charge in [-0.25, -0.2) is 13.6 Å². The molecule has 2 rings (SSSR count). The van der Waals surface area contributed by atoms with E-state index >= 15 is 0 Å². The van der Waals surface area contributed by atoms with Crippen LogP contribution in [0.4, 0.5) is 14.5 Å². The van der Waals surface area contributed by atoms with Crippen LogP contribution in [-0.2, 0) is 0 Å². The van der Waals surface area contributed by atoms with Crippen LogP contribution in [0, 0.1) is 17.6 Å². The largest absolute Gasteiger partial charge is 0.478 e. The van der Waals surface area contributed by atoms with E-state index in [-0.39, 0.29) is 11.7 Å². The number of benzene rings is 1. The highest BCUT2D eigenvalue weighted by Gasteiger charge is 2.25. The minimum atomic E-state index is -1.49. The maximum atomic E-state index is 13.9. The van der Waals surface area contributed by atoms with Gasteiger partial charge in [-0.3, -0.25) is 0 Å². The first-order chi connectivity index (χ1) is 10.0. The smallest absolute Gasteiger partial charge is 0.338 e. The number of hydrogen-bond acceptors (Lipinski definition) is 3. The summed E-state index contributed by atoms with van der Waals surface area (Å²) in [6.07, 6.45) is 5.48. The molecule has 1 aromatic rings. The number of aromatic carboxylic acids is 1. The summed E-state index contributed by atoms with van der Waals surface area (Å²) >= 11 is 0. The molecule has 4 nitrogen and oxygen atoms in total. The fourth-order valence-corrected chi connectivity index (χ4v) is 2.93. The highest BCUT2D eigenvalue weighted by Crippen LogP contribution is 2.29. The van der Waals surface area contributed by atoms with E-state index in [1.54, 1.807) is 0 Å². The number of carboxylic acids is 1. The predicted octanol–water partition coefficient (Wildman–Crippen LogP) is 2.98. The van der Waals surface area contributed by atoms with E-state index in [0.29, 0.717) is 12.5 Å². The van der Waals surface area contributed by atoms with Gasteiger partial charge in [0.15, 0.2) is 11.6 Å². The molecular weight excluding hydrogens is 278 g/mol. The average molecular weight is 298 g/mol. The van der Waals surface area contributed by atoms with Gasteiger partial charge in [-0.2, -0.15) is 0 Å². The summed E-state index contributed by atoms with van der Waals surface area (Å²) in [5.41, 5.74) is 5.05. The van der Waals surface area contributed by atoms with Gasteiger partial charge in [0.25, 0.3) is 0 Å². The van der Waals surface area contributed by atoms with Crippen LogP contribution in [0.3, 0.4) is 0 Å². The Balaban J connectivity index is 2.17. The zero-order chi connectivity index (χ0) is 15.4. The molecule has 0 saturated heterocycles. The third-order valence-corrected chi connectivity index (χ3v) is 4.13. The van der Waals surface area contributed by atoms with Crippen molar-refractivity contribution in [1.29, 1.82) is 0 Å². The molecule has 0 aliphatic heterocycles. The summed E-state index contributed by atoms with van der Waals surface area (Å²) in [7, 11) is 0. The molecule has 0 spiro atoms. The lowest BCUT2D eigenvalue weighted by atomic mass is 9.84. The Kier molecular flexibility index (Phi) is 5.12. The summed E-state index contributed by atoms with van der Waals surface area (Å²) in [5.74, 6) is -3.65. The van der Waals surface area contributed by atoms with Crippen molar-refractivity contribution in [1.82, 2.24) is 0 Å². The number of nitrogens with two attached hydrogens (primary N) is 1. The normalized spacial score (nSPS) is 17.5. The first kappa shape index (κ1) is 15.7. The summed E-state index contributed by atoms with van der Waals surface area (Å²) in [6, 6.07) is 2.19. The number of carboxylic acid groups (broad SMARTS) is 1. The van der Waals surface area contributed by atoms with Gasteiger partial charge in [0, 0.05) is 12.6 Å². The lowest BCUT2D eigenvalue weighted by Crippen LogP contribution is -2.37. The number of anilines is 1. The monoisotopic (exact) mass is 298 g/mol. The summed E-state index contributed by atoms with van der Waals surface area (Å²) in [5, 5.41) is 11.7. The van der Waals surface area contributed by atoms with E-state index < -0.39 is 23.2 Å². The molecule has 0 bridgehead atoms. The first-order valence-corrected chi connectivity index (χ1v) is 7.22. The van der Waals surface area contributed by atoms with Crippen LogP contribution in [0.2, 0.25) is 0 Å². The third-order valence-electron chi connectivity index (χ3n) is 4.13. The van der Waals surface area contributed by atoms with E-state index in [1.165, 1.54) is 12.5 Å². The standard InChI is InChI=1S/C15H20F2N2O2/c16-13-10(15(20)21)6-7-11(14(13)17)19-12(8-18)9-4-2-1-3-5-9/h6-7,9,12,19H,1-5,8,18H2,(H,20,21). The van der Waals surface area contributed by atoms with Gasteiger partial charge in [-0.05, 0) is 30.9 Å². The van der Waals surface area contributed by atoms with Crippen LogP contribution in [-0.4, -0.2) is 23.7 Å². The van der Waals surface area contributed by atoms with Crippen LogP contribution in [0.5, 0.6) is 0 Å². The number of rotatable bonds is 5. The highest BCUT2D eigenvalue weighted by atomic mass is 19.2. The molecule has 0 heterocycles. The molecule has 6 heteroatoms. The maximum absolute atomic E-state index is 13.9. The number of nitrogens with one attached hydrogen (secondary N) is 1. The van der Waals surface area contributed by atoms with Crippen molar-refractivity contribution < 1.29 is 18.7 Å². The van der Waals surface area contributed by atoms with Crippen LogP contribution in [0.15, 0.2) is 12.1 Å². The van der Waals surface area contributed by atoms with Crippen molar-refractivity contribution in [2.24, 2.45) is 11.7 Å². The number of hydrogen-bond donors (Lipinski definition) is 3. The lowest BCUT2D eigenvalue weighted by Gasteiger charge is -2.31. The van der Waals surface area contributed by atoms with Crippen molar-refractivity contribution in [3.8, 4) is 0 Å². The van der Waals surface area contributed by atoms with Crippen LogP contribution < -0.4 is 11.1 Å². The fourth-order valence-electron chi connectivity index (χ4n) is 2.93. The number of carbonyl (C=O) groups is 1. The Bertz CT molecular complexity index is 517. The quantitative estimate of drug-likeness (QED) is 0.781. The van der Waals surface area contributed by atoms with Gasteiger partial charge in [0.05, 0.1) is 11.3 Å². The van der Waals surface area contributed by atoms with Crippen LogP contribution in [0.1, 0.15) is 42.5 Å². The van der Waals surface area contributed by atoms with Crippen molar-refractivity contribution in [2.45, 2.75) is 38.1 Å². The second kappa shape index (κ2) is 6.85. The SMILES string of the molecule is NCC(Nc1ccc(C(=O)O)c(F)c1F)C1CCCCC1. The second-order valence-corrected chi connectivity index (χ2v) is 5.48. The van der Waals surface area contributed by atoms with Gasteiger partial charge in [0.1, 0.15) is 0 Å². The predicted molar refractivity (Wildman–Crippen MR) is 76.4 cm³/mol. The Labute approximate surface area is 122 Å². The molecule has 0 amide bonds. The topological polar surface area (TPSA) is 75.3 Å². The molecule has 1 aliphatic carbocycles. The van der Waals surface area contributed by atoms with Crippen molar-refractivity contribution in [2.75, 3.05) is 11.9 Å². The van der Waals surface area contributed by atoms with Crippen LogP contribution >= 0.6 is 0 Å². The Morgan fingerprint density at radius 2 is 1.95 bits per heavy atom. The summed E-state index contributed by atoms with van der Waals surface area (Å²) < 4.78 is 27.6. The second-order valence-electron chi connectivity index (χ2n) is 5.48. The maximum Gasteiger partial charge on any atom is 0.338 e. The molecule has 1 atom stereocenters. The molecule has 1 unspecified atom stereocenters. The first-order valence-electron chi connectivity index (χ1n) is 7.22. The van der Waals surface area contributed by atoms with E-state index in [9.17, 15) is 13.6 Å². The molecule has 0 radical (unpaired) electrons. The van der Waals surface area contributed by atoms with Crippen LogP contribution in [0.25, 0.3) is 0 Å². The summed E-state index contributed by atoms with van der Waals surface area (Å²) in [6.45, 7) is 0.326. The number of halogens is 2. The molecular formula is C15H20F2N2O2. The van der Waals surface area contributed by atoms with Crippen molar-refractivity contribution in [3.05, 3.63) is 29.3 Å². The molecule has 1 fully saturated rings.